The zero-order valence-corrected chi connectivity index (χ0v) is 35.6. The summed E-state index contributed by atoms with van der Waals surface area (Å²) >= 11 is 0. The second-order valence-corrected chi connectivity index (χ2v) is 16.5. The average Bonchev–Trinajstić information content (AvgIpc) is 3.75. The van der Waals surface area contributed by atoms with Gasteiger partial charge in [-0.2, -0.15) is 4.98 Å². The Hall–Kier alpha value is -6.28. The van der Waals surface area contributed by atoms with Crippen LogP contribution in [0.25, 0.3) is 11.1 Å². The number of nitrogens with two attached hydrogens (primary N) is 1. The summed E-state index contributed by atoms with van der Waals surface area (Å²) in [6, 6.07) is 19.7. The van der Waals surface area contributed by atoms with Crippen molar-refractivity contribution in [2.45, 2.75) is 85.1 Å². The van der Waals surface area contributed by atoms with Gasteiger partial charge in [0, 0.05) is 84.5 Å². The average molecular weight is 813 g/mol. The first kappa shape index (κ1) is 43.3. The Labute approximate surface area is 351 Å². The number of hydrogen-bond donors (Lipinski definition) is 4. The highest BCUT2D eigenvalue weighted by Gasteiger charge is 2.26. The van der Waals surface area contributed by atoms with Crippen molar-refractivity contribution in [2.75, 3.05) is 43.4 Å². The normalized spacial score (nSPS) is 14.3. The van der Waals surface area contributed by atoms with Gasteiger partial charge < -0.3 is 20.5 Å². The maximum Gasteiger partial charge on any atom is 0.315 e. The van der Waals surface area contributed by atoms with E-state index in [0.717, 1.165) is 90.5 Å². The van der Waals surface area contributed by atoms with E-state index in [1.54, 1.807) is 6.20 Å². The fourth-order valence-corrected chi connectivity index (χ4v) is 7.64. The molecule has 60 heavy (non-hydrogen) atoms. The minimum absolute atomic E-state index is 0.0803. The number of piperazine rings is 1. The van der Waals surface area contributed by atoms with Crippen molar-refractivity contribution in [3.05, 3.63) is 118 Å². The van der Waals surface area contributed by atoms with E-state index < -0.39 is 5.91 Å². The molecule has 314 valence electrons. The van der Waals surface area contributed by atoms with Crippen LogP contribution >= 0.6 is 0 Å². The minimum atomic E-state index is -0.448. The van der Waals surface area contributed by atoms with Crippen LogP contribution in [-0.2, 0) is 21.4 Å². The monoisotopic (exact) mass is 812 g/mol. The number of carbonyl (C=O) groups is 3. The molecule has 2 aromatic carbocycles. The smallest absolute Gasteiger partial charge is 0.315 e. The number of benzene rings is 2. The predicted molar refractivity (Wildman–Crippen MR) is 233 cm³/mol. The van der Waals surface area contributed by atoms with Gasteiger partial charge in [-0.25, -0.2) is 4.98 Å². The second-order valence-electron chi connectivity index (χ2n) is 16.5. The Kier molecular flexibility index (Phi) is 13.5. The number of carbonyl (C=O) groups excluding carboxylic acids is 3. The number of pyridine rings is 2. The summed E-state index contributed by atoms with van der Waals surface area (Å²) in [5, 5.41) is 18.3. The summed E-state index contributed by atoms with van der Waals surface area (Å²) in [6.45, 7) is 18.2. The number of imide groups is 1. The molecule has 3 aromatic heterocycles. The van der Waals surface area contributed by atoms with E-state index in [0.29, 0.717) is 29.8 Å². The predicted octanol–water partition coefficient (Wildman–Crippen LogP) is 6.45. The fourth-order valence-electron chi connectivity index (χ4n) is 7.64. The molecule has 14 nitrogen and oxygen atoms in total. The van der Waals surface area contributed by atoms with Crippen LogP contribution in [0.2, 0.25) is 0 Å². The number of nitrogens with one attached hydrogen (secondary N) is 3. The van der Waals surface area contributed by atoms with E-state index in [1.165, 1.54) is 0 Å². The van der Waals surface area contributed by atoms with Crippen LogP contribution in [0.3, 0.4) is 0 Å². The molecule has 0 radical (unpaired) electrons. The Bertz CT molecular complexity index is 2340. The summed E-state index contributed by atoms with van der Waals surface area (Å²) in [5.41, 5.74) is 15.0. The Morgan fingerprint density at radius 3 is 2.32 bits per heavy atom. The lowest BCUT2D eigenvalue weighted by molar-refractivity contribution is -0.126. The molecule has 1 fully saturated rings. The van der Waals surface area contributed by atoms with Crippen LogP contribution in [0.5, 0.6) is 0 Å². The van der Waals surface area contributed by atoms with Crippen LogP contribution in [-0.4, -0.2) is 81.7 Å². The minimum Gasteiger partial charge on any atom is -0.383 e. The van der Waals surface area contributed by atoms with Gasteiger partial charge in [-0.05, 0) is 79.8 Å². The lowest BCUT2D eigenvalue weighted by atomic mass is 9.92. The molecule has 0 spiro atoms. The van der Waals surface area contributed by atoms with Gasteiger partial charge in [-0.15, -0.1) is 0 Å². The molecular formula is C46H56N10O4. The van der Waals surface area contributed by atoms with E-state index in [-0.39, 0.29) is 40.7 Å². The van der Waals surface area contributed by atoms with Gasteiger partial charge >= 0.3 is 11.8 Å². The quantitative estimate of drug-likeness (QED) is 0.0670. The number of rotatable bonds is 15. The highest BCUT2D eigenvalue weighted by atomic mass is 16.5. The van der Waals surface area contributed by atoms with Gasteiger partial charge in [0.2, 0.25) is 12.3 Å². The number of nitrogens with zero attached hydrogens (tertiary/aromatic N) is 6. The van der Waals surface area contributed by atoms with Crippen molar-refractivity contribution in [3.63, 3.8) is 0 Å². The standard InChI is InChI=1S/C46H56N10O4/c1-8-9-38(42(58)50-27-57)37-17-13-34(51-30(37)4)18-19-55-20-22-56(23-21-55)35-14-10-31(11-15-35)33-25-39(41(48)49-26-33)40(47)32-12-16-36(28(2)24-32)29(3)52-43(59)44-53-45(54-60-44)46(5,6)7/h10-17,24-27,29,38,47H,8-9,18-23H2,1-7H3,(H2,48,49)(H,52,59)(H,50,57,58)/t29-,38?/m1/s1. The van der Waals surface area contributed by atoms with Gasteiger partial charge in [0.25, 0.3) is 0 Å². The van der Waals surface area contributed by atoms with Crippen molar-refractivity contribution in [1.82, 2.24) is 35.6 Å². The summed E-state index contributed by atoms with van der Waals surface area (Å²) in [4.78, 5) is 54.7. The first-order chi connectivity index (χ1) is 28.7. The third-order valence-corrected chi connectivity index (χ3v) is 11.1. The van der Waals surface area contributed by atoms with Crippen LogP contribution in [0, 0.1) is 19.3 Å². The molecule has 3 amide bonds. The Morgan fingerprint density at radius 1 is 0.967 bits per heavy atom. The molecule has 0 aliphatic carbocycles. The van der Waals surface area contributed by atoms with E-state index >= 15 is 0 Å². The fraction of sp³-hybridized carbons (Fsp3) is 0.391. The van der Waals surface area contributed by atoms with E-state index in [4.69, 9.17) is 20.7 Å². The van der Waals surface area contributed by atoms with Gasteiger partial charge in [0.05, 0.1) is 17.7 Å². The summed E-state index contributed by atoms with van der Waals surface area (Å²) in [5.74, 6) is -0.454. The number of aromatic nitrogens is 4. The molecule has 4 heterocycles. The number of hydrogen-bond acceptors (Lipinski definition) is 12. The Balaban J connectivity index is 1.03. The molecule has 1 unspecified atom stereocenters. The van der Waals surface area contributed by atoms with Crippen LogP contribution in [0.4, 0.5) is 11.5 Å². The lowest BCUT2D eigenvalue weighted by Crippen LogP contribution is -2.47. The van der Waals surface area contributed by atoms with E-state index in [1.807, 2.05) is 84.9 Å². The zero-order valence-electron chi connectivity index (χ0n) is 35.6. The number of aryl methyl sites for hydroxylation is 2. The second kappa shape index (κ2) is 18.8. The van der Waals surface area contributed by atoms with E-state index in [2.05, 4.69) is 59.8 Å². The molecule has 14 heteroatoms. The molecule has 6 rings (SSSR count). The molecule has 1 aliphatic heterocycles. The van der Waals surface area contributed by atoms with Gasteiger partial charge in [-0.3, -0.25) is 35.0 Å². The largest absolute Gasteiger partial charge is 0.383 e. The maximum absolute atomic E-state index is 12.9. The van der Waals surface area contributed by atoms with Gasteiger partial charge in [-0.1, -0.05) is 69.6 Å². The first-order valence-corrected chi connectivity index (χ1v) is 20.5. The topological polar surface area (TPSA) is 196 Å². The Morgan fingerprint density at radius 2 is 1.68 bits per heavy atom. The molecule has 2 atom stereocenters. The summed E-state index contributed by atoms with van der Waals surface area (Å²) < 4.78 is 5.21. The third kappa shape index (κ3) is 10.1. The third-order valence-electron chi connectivity index (χ3n) is 11.1. The molecule has 5 N–H and O–H groups in total. The van der Waals surface area contributed by atoms with Gasteiger partial charge in [0.15, 0.2) is 5.82 Å². The van der Waals surface area contributed by atoms with Gasteiger partial charge in [0.1, 0.15) is 5.82 Å². The first-order valence-electron chi connectivity index (χ1n) is 20.5. The molecule has 5 aromatic rings. The van der Waals surface area contributed by atoms with Crippen molar-refractivity contribution in [2.24, 2.45) is 0 Å². The van der Waals surface area contributed by atoms with E-state index in [9.17, 15) is 14.4 Å². The summed E-state index contributed by atoms with van der Waals surface area (Å²) in [7, 11) is 0. The molecule has 0 saturated carbocycles. The number of amides is 3. The maximum atomic E-state index is 12.9. The summed E-state index contributed by atoms with van der Waals surface area (Å²) in [6.07, 6.45) is 4.49. The molecule has 1 aliphatic rings. The highest BCUT2D eigenvalue weighted by molar-refractivity contribution is 6.14. The SMILES string of the molecule is CCCC(C(=O)NC=O)c1ccc(CCN2CCN(c3ccc(-c4cnc(N)c(C(=N)c5ccc([C@@H](C)NC(=O)c6nc(C(C)(C)C)no6)c(C)c5)c4)cc3)CC2)nc1C. The molecule has 1 saturated heterocycles. The van der Waals surface area contributed by atoms with Crippen molar-refractivity contribution in [1.29, 1.82) is 5.41 Å². The molecular weight excluding hydrogens is 757 g/mol. The highest BCUT2D eigenvalue weighted by Crippen LogP contribution is 2.29. The van der Waals surface area contributed by atoms with Crippen molar-refractivity contribution < 1.29 is 18.9 Å². The van der Waals surface area contributed by atoms with Crippen LogP contribution in [0.1, 0.15) is 115 Å². The lowest BCUT2D eigenvalue weighted by Gasteiger charge is -2.36. The zero-order chi connectivity index (χ0) is 43.1. The van der Waals surface area contributed by atoms with Crippen molar-refractivity contribution in [3.8, 4) is 11.1 Å². The van der Waals surface area contributed by atoms with Crippen LogP contribution < -0.4 is 21.3 Å². The van der Waals surface area contributed by atoms with Crippen LogP contribution in [0.15, 0.2) is 71.4 Å². The molecule has 0 bridgehead atoms. The number of anilines is 2. The number of nitrogen functional groups attached to an aromatic ring is 1. The van der Waals surface area contributed by atoms with Crippen molar-refractivity contribution >= 4 is 35.4 Å².